The molecule has 104 valence electrons. The van der Waals surface area contributed by atoms with E-state index in [-0.39, 0.29) is 23.6 Å². The SMILES string of the molecule is CCOc1ccc(F)cc1C(C)CC1CC1C(=O)O. The summed E-state index contributed by atoms with van der Waals surface area (Å²) in [5.41, 5.74) is 0.831. The van der Waals surface area contributed by atoms with Crippen LogP contribution in [0.1, 0.15) is 38.2 Å². The lowest BCUT2D eigenvalue weighted by molar-refractivity contribution is -0.138. The maximum atomic E-state index is 13.4. The van der Waals surface area contributed by atoms with Gasteiger partial charge in [-0.2, -0.15) is 0 Å². The molecule has 1 aromatic rings. The Morgan fingerprint density at radius 1 is 1.58 bits per heavy atom. The highest BCUT2D eigenvalue weighted by molar-refractivity contribution is 5.73. The first kappa shape index (κ1) is 13.8. The van der Waals surface area contributed by atoms with Crippen LogP contribution in [0, 0.1) is 17.7 Å². The van der Waals surface area contributed by atoms with Crippen molar-refractivity contribution >= 4 is 5.97 Å². The van der Waals surface area contributed by atoms with Gasteiger partial charge in [-0.05, 0) is 55.4 Å². The van der Waals surface area contributed by atoms with E-state index in [1.807, 2.05) is 13.8 Å². The lowest BCUT2D eigenvalue weighted by Gasteiger charge is -2.16. The molecule has 19 heavy (non-hydrogen) atoms. The first-order valence-electron chi connectivity index (χ1n) is 6.68. The number of carboxylic acids is 1. The zero-order valence-corrected chi connectivity index (χ0v) is 11.2. The van der Waals surface area contributed by atoms with Gasteiger partial charge in [0.2, 0.25) is 0 Å². The Labute approximate surface area is 112 Å². The zero-order chi connectivity index (χ0) is 14.0. The van der Waals surface area contributed by atoms with Crippen molar-refractivity contribution in [3.05, 3.63) is 29.6 Å². The van der Waals surface area contributed by atoms with Crippen LogP contribution in [-0.4, -0.2) is 17.7 Å². The van der Waals surface area contributed by atoms with Gasteiger partial charge < -0.3 is 9.84 Å². The Morgan fingerprint density at radius 2 is 2.32 bits per heavy atom. The molecule has 3 atom stereocenters. The number of aliphatic carboxylic acids is 1. The summed E-state index contributed by atoms with van der Waals surface area (Å²) in [6, 6.07) is 4.53. The van der Waals surface area contributed by atoms with Gasteiger partial charge in [-0.3, -0.25) is 4.79 Å². The Kier molecular flexibility index (Phi) is 4.08. The minimum absolute atomic E-state index is 0.103. The molecule has 0 bridgehead atoms. The van der Waals surface area contributed by atoms with E-state index in [0.29, 0.717) is 12.4 Å². The number of carboxylic acid groups (broad SMARTS) is 1. The fraction of sp³-hybridized carbons (Fsp3) is 0.533. The second kappa shape index (κ2) is 5.59. The monoisotopic (exact) mass is 266 g/mol. The Balaban J connectivity index is 2.07. The van der Waals surface area contributed by atoms with E-state index < -0.39 is 5.97 Å². The summed E-state index contributed by atoms with van der Waals surface area (Å²) in [5, 5.41) is 8.91. The number of halogens is 1. The maximum Gasteiger partial charge on any atom is 0.306 e. The molecule has 0 aromatic heterocycles. The van der Waals surface area contributed by atoms with Crippen molar-refractivity contribution in [3.63, 3.8) is 0 Å². The summed E-state index contributed by atoms with van der Waals surface area (Å²) in [6.07, 6.45) is 1.50. The normalized spacial score (nSPS) is 22.9. The molecule has 4 heteroatoms. The third-order valence-corrected chi connectivity index (χ3v) is 3.70. The average Bonchev–Trinajstić information content (AvgIpc) is 3.11. The highest BCUT2D eigenvalue weighted by Crippen LogP contribution is 2.46. The summed E-state index contributed by atoms with van der Waals surface area (Å²) < 4.78 is 18.9. The predicted molar refractivity (Wildman–Crippen MR) is 69.8 cm³/mol. The highest BCUT2D eigenvalue weighted by atomic mass is 19.1. The summed E-state index contributed by atoms with van der Waals surface area (Å²) in [4.78, 5) is 10.8. The summed E-state index contributed by atoms with van der Waals surface area (Å²) in [6.45, 7) is 4.42. The van der Waals surface area contributed by atoms with Crippen molar-refractivity contribution in [2.24, 2.45) is 11.8 Å². The minimum atomic E-state index is -0.721. The number of ether oxygens (including phenoxy) is 1. The van der Waals surface area contributed by atoms with Crippen molar-refractivity contribution in [2.45, 2.75) is 32.6 Å². The summed E-state index contributed by atoms with van der Waals surface area (Å²) in [7, 11) is 0. The van der Waals surface area contributed by atoms with Crippen LogP contribution in [0.5, 0.6) is 5.75 Å². The van der Waals surface area contributed by atoms with Gasteiger partial charge in [-0.1, -0.05) is 6.92 Å². The van der Waals surface area contributed by atoms with E-state index in [0.717, 1.165) is 18.4 Å². The molecule has 3 nitrogen and oxygen atoms in total. The Hall–Kier alpha value is -1.58. The lowest BCUT2D eigenvalue weighted by Crippen LogP contribution is -2.05. The van der Waals surface area contributed by atoms with E-state index in [1.54, 1.807) is 6.07 Å². The van der Waals surface area contributed by atoms with Gasteiger partial charge in [0.25, 0.3) is 0 Å². The number of hydrogen-bond acceptors (Lipinski definition) is 2. The maximum absolute atomic E-state index is 13.4. The van der Waals surface area contributed by atoms with Crippen molar-refractivity contribution in [1.29, 1.82) is 0 Å². The fourth-order valence-electron chi connectivity index (χ4n) is 2.58. The molecule has 1 saturated carbocycles. The second-order valence-corrected chi connectivity index (χ2v) is 5.19. The molecule has 0 aliphatic heterocycles. The van der Waals surface area contributed by atoms with Gasteiger partial charge in [-0.25, -0.2) is 4.39 Å². The molecule has 1 N–H and O–H groups in total. The lowest BCUT2D eigenvalue weighted by atomic mass is 9.94. The van der Waals surface area contributed by atoms with Crippen LogP contribution in [0.3, 0.4) is 0 Å². The van der Waals surface area contributed by atoms with E-state index >= 15 is 0 Å². The number of rotatable bonds is 6. The summed E-state index contributed by atoms with van der Waals surface area (Å²) >= 11 is 0. The minimum Gasteiger partial charge on any atom is -0.494 e. The average molecular weight is 266 g/mol. The molecule has 0 spiro atoms. The van der Waals surface area contributed by atoms with E-state index in [2.05, 4.69) is 0 Å². The summed E-state index contributed by atoms with van der Waals surface area (Å²) in [5.74, 6) is -0.204. The highest BCUT2D eigenvalue weighted by Gasteiger charge is 2.43. The topological polar surface area (TPSA) is 46.5 Å². The fourth-order valence-corrected chi connectivity index (χ4v) is 2.58. The van der Waals surface area contributed by atoms with Crippen LogP contribution in [-0.2, 0) is 4.79 Å². The smallest absolute Gasteiger partial charge is 0.306 e. The van der Waals surface area contributed by atoms with Crippen LogP contribution in [0.15, 0.2) is 18.2 Å². The van der Waals surface area contributed by atoms with Gasteiger partial charge in [-0.15, -0.1) is 0 Å². The third-order valence-electron chi connectivity index (χ3n) is 3.70. The zero-order valence-electron chi connectivity index (χ0n) is 11.2. The Bertz CT molecular complexity index is 472. The van der Waals surface area contributed by atoms with Crippen LogP contribution in [0.2, 0.25) is 0 Å². The molecule has 1 fully saturated rings. The standard InChI is InChI=1S/C15H19FO3/c1-3-19-14-5-4-11(16)8-12(14)9(2)6-10-7-13(10)15(17)18/h4-5,8-10,13H,3,6-7H2,1-2H3,(H,17,18). The third kappa shape index (κ3) is 3.25. The molecular formula is C15H19FO3. The molecule has 2 rings (SSSR count). The van der Waals surface area contributed by atoms with Crippen molar-refractivity contribution in [1.82, 2.24) is 0 Å². The number of hydrogen-bond donors (Lipinski definition) is 1. The van der Waals surface area contributed by atoms with Crippen molar-refractivity contribution in [2.75, 3.05) is 6.61 Å². The van der Waals surface area contributed by atoms with E-state index in [4.69, 9.17) is 9.84 Å². The van der Waals surface area contributed by atoms with Crippen molar-refractivity contribution < 1.29 is 19.0 Å². The largest absolute Gasteiger partial charge is 0.494 e. The van der Waals surface area contributed by atoms with Crippen LogP contribution < -0.4 is 4.74 Å². The van der Waals surface area contributed by atoms with Crippen molar-refractivity contribution in [3.8, 4) is 5.75 Å². The van der Waals surface area contributed by atoms with Crippen LogP contribution in [0.25, 0.3) is 0 Å². The molecule has 1 aliphatic rings. The van der Waals surface area contributed by atoms with Crippen LogP contribution in [0.4, 0.5) is 4.39 Å². The molecule has 3 unspecified atom stereocenters. The molecule has 0 heterocycles. The van der Waals surface area contributed by atoms with Gasteiger partial charge >= 0.3 is 5.97 Å². The first-order valence-corrected chi connectivity index (χ1v) is 6.68. The van der Waals surface area contributed by atoms with Crippen LogP contribution >= 0.6 is 0 Å². The van der Waals surface area contributed by atoms with Gasteiger partial charge in [0.05, 0.1) is 12.5 Å². The Morgan fingerprint density at radius 3 is 2.89 bits per heavy atom. The molecule has 0 radical (unpaired) electrons. The molecule has 1 aromatic carbocycles. The number of benzene rings is 1. The molecule has 1 aliphatic carbocycles. The van der Waals surface area contributed by atoms with E-state index in [1.165, 1.54) is 12.1 Å². The number of carbonyl (C=O) groups is 1. The molecule has 0 saturated heterocycles. The molecule has 0 amide bonds. The second-order valence-electron chi connectivity index (χ2n) is 5.19. The first-order chi connectivity index (χ1) is 9.02. The van der Waals surface area contributed by atoms with E-state index in [9.17, 15) is 9.18 Å². The van der Waals surface area contributed by atoms with Gasteiger partial charge in [0.15, 0.2) is 0 Å². The quantitative estimate of drug-likeness (QED) is 0.858. The molecular weight excluding hydrogens is 247 g/mol. The van der Waals surface area contributed by atoms with Gasteiger partial charge in [0, 0.05) is 0 Å². The predicted octanol–water partition coefficient (Wildman–Crippen LogP) is 3.44. The van der Waals surface area contributed by atoms with Gasteiger partial charge in [0.1, 0.15) is 11.6 Å².